The minimum atomic E-state index is 0.413. The number of methoxy groups -OCH3 is 1. The van der Waals surface area contributed by atoms with Gasteiger partial charge in [-0.1, -0.05) is 35.9 Å². The Morgan fingerprint density at radius 3 is 2.72 bits per heavy atom. The molecule has 0 unspecified atom stereocenters. The lowest BCUT2D eigenvalue weighted by atomic mass is 10.0. The maximum Gasteiger partial charge on any atom is 0.318 e. The first-order valence-corrected chi connectivity index (χ1v) is 11.2. The summed E-state index contributed by atoms with van der Waals surface area (Å²) in [6, 6.07) is 12.8. The molecule has 0 bridgehead atoms. The number of ether oxygens (including phenoxy) is 1. The van der Waals surface area contributed by atoms with Gasteiger partial charge in [0, 0.05) is 42.5 Å². The van der Waals surface area contributed by atoms with E-state index in [0.29, 0.717) is 12.6 Å². The van der Waals surface area contributed by atoms with E-state index in [1.54, 1.807) is 7.11 Å². The van der Waals surface area contributed by atoms with E-state index in [4.69, 9.17) is 26.3 Å². The van der Waals surface area contributed by atoms with E-state index >= 15 is 0 Å². The van der Waals surface area contributed by atoms with Crippen LogP contribution in [0.15, 0.2) is 48.9 Å². The number of hydrogen-bond acceptors (Lipinski definition) is 6. The van der Waals surface area contributed by atoms with Gasteiger partial charge in [-0.2, -0.15) is 9.97 Å². The van der Waals surface area contributed by atoms with Gasteiger partial charge in [-0.05, 0) is 23.9 Å². The van der Waals surface area contributed by atoms with Crippen LogP contribution in [0, 0.1) is 0 Å². The van der Waals surface area contributed by atoms with E-state index < -0.39 is 0 Å². The second kappa shape index (κ2) is 7.67. The van der Waals surface area contributed by atoms with E-state index in [1.807, 2.05) is 24.7 Å². The maximum absolute atomic E-state index is 6.60. The number of nitrogens with zero attached hydrogens (tertiary/aromatic N) is 6. The topological polar surface area (TPSA) is 59.3 Å². The summed E-state index contributed by atoms with van der Waals surface area (Å²) in [5.74, 6) is 0.981. The summed E-state index contributed by atoms with van der Waals surface area (Å²) < 4.78 is 7.69. The van der Waals surface area contributed by atoms with Gasteiger partial charge in [0.25, 0.3) is 0 Å². The zero-order valence-corrected chi connectivity index (χ0v) is 18.6. The van der Waals surface area contributed by atoms with Crippen molar-refractivity contribution in [3.05, 3.63) is 70.9 Å². The van der Waals surface area contributed by atoms with Crippen LogP contribution in [-0.4, -0.2) is 39.7 Å². The molecule has 0 saturated heterocycles. The lowest BCUT2D eigenvalue weighted by molar-refractivity contribution is 0.376. The van der Waals surface area contributed by atoms with Gasteiger partial charge in [0.05, 0.1) is 42.9 Å². The van der Waals surface area contributed by atoms with Crippen molar-refractivity contribution >= 4 is 33.9 Å². The molecule has 4 aromatic rings. The molecule has 0 N–H and O–H groups in total. The monoisotopic (exact) mass is 446 g/mol. The fourth-order valence-corrected chi connectivity index (χ4v) is 5.13. The first-order valence-electron chi connectivity index (χ1n) is 10.8. The van der Waals surface area contributed by atoms with Crippen molar-refractivity contribution in [2.24, 2.45) is 0 Å². The van der Waals surface area contributed by atoms with Crippen molar-refractivity contribution in [1.29, 1.82) is 0 Å². The number of aromatic nitrogens is 4. The highest BCUT2D eigenvalue weighted by Gasteiger charge is 2.28. The van der Waals surface area contributed by atoms with Crippen molar-refractivity contribution in [2.75, 3.05) is 30.0 Å². The molecule has 2 aromatic carbocycles. The summed E-state index contributed by atoms with van der Waals surface area (Å²) in [4.78, 5) is 18.5. The molecule has 0 amide bonds. The average Bonchev–Trinajstić information content (AvgIpc) is 3.31. The molecule has 6 rings (SSSR count). The van der Waals surface area contributed by atoms with Gasteiger partial charge < -0.3 is 19.1 Å². The Balaban J connectivity index is 1.39. The Labute approximate surface area is 191 Å². The zero-order valence-electron chi connectivity index (χ0n) is 17.8. The van der Waals surface area contributed by atoms with Gasteiger partial charge in [0.1, 0.15) is 5.82 Å². The number of benzene rings is 2. The van der Waals surface area contributed by atoms with Crippen molar-refractivity contribution in [3.8, 4) is 6.01 Å². The molecule has 0 spiro atoms. The minimum Gasteiger partial charge on any atom is -0.467 e. The van der Waals surface area contributed by atoms with Crippen molar-refractivity contribution in [2.45, 2.75) is 26.1 Å². The lowest BCUT2D eigenvalue weighted by Crippen LogP contribution is -2.37. The van der Waals surface area contributed by atoms with Crippen LogP contribution in [0.5, 0.6) is 6.01 Å². The minimum absolute atomic E-state index is 0.413. The fourth-order valence-electron chi connectivity index (χ4n) is 4.85. The van der Waals surface area contributed by atoms with E-state index in [0.717, 1.165) is 65.6 Å². The summed E-state index contributed by atoms with van der Waals surface area (Å²) in [6.45, 7) is 4.15. The van der Waals surface area contributed by atoms with Gasteiger partial charge in [0.2, 0.25) is 0 Å². The number of hydrogen-bond donors (Lipinski definition) is 0. The van der Waals surface area contributed by atoms with Gasteiger partial charge in [-0.3, -0.25) is 0 Å². The molecule has 7 nitrogen and oxygen atoms in total. The number of fused-ring (bicyclic) bond motifs is 3. The molecule has 0 fully saturated rings. The fraction of sp³-hybridized carbons (Fsp3) is 0.292. The van der Waals surface area contributed by atoms with E-state index in [1.165, 1.54) is 11.3 Å². The number of anilines is 2. The molecule has 0 aliphatic carbocycles. The third kappa shape index (κ3) is 3.15. The number of imidazole rings is 1. The van der Waals surface area contributed by atoms with Gasteiger partial charge in [0.15, 0.2) is 0 Å². The van der Waals surface area contributed by atoms with Crippen LogP contribution in [0.2, 0.25) is 5.02 Å². The molecule has 0 saturated carbocycles. The van der Waals surface area contributed by atoms with Gasteiger partial charge in [-0.25, -0.2) is 4.98 Å². The Bertz CT molecular complexity index is 1310. The third-order valence-corrected chi connectivity index (χ3v) is 6.75. The lowest BCUT2D eigenvalue weighted by Gasteiger charge is -2.35. The molecular weight excluding hydrogens is 424 g/mol. The molecule has 0 atom stereocenters. The van der Waals surface area contributed by atoms with Crippen LogP contribution in [0.3, 0.4) is 0 Å². The largest absolute Gasteiger partial charge is 0.467 e. The Morgan fingerprint density at radius 1 is 0.969 bits per heavy atom. The van der Waals surface area contributed by atoms with Crippen LogP contribution in [0.25, 0.3) is 10.8 Å². The van der Waals surface area contributed by atoms with Gasteiger partial charge >= 0.3 is 6.01 Å². The molecule has 0 radical (unpaired) electrons. The molecule has 4 heterocycles. The highest BCUT2D eigenvalue weighted by Crippen LogP contribution is 2.37. The number of halogens is 1. The molecule has 2 aliphatic rings. The Morgan fingerprint density at radius 2 is 1.84 bits per heavy atom. The second-order valence-corrected chi connectivity index (χ2v) is 8.65. The first-order chi connectivity index (χ1) is 15.7. The standard InChI is InChI=1S/C24H23ClN6O/c1-32-24-27-20-14-29(21-7-3-5-16-4-2-6-19(25)22(16)21)9-8-18(20)23(28-24)30-10-11-31-15-26-12-17(31)13-30/h2-7,12,15H,8-11,13-14H2,1H3. The summed E-state index contributed by atoms with van der Waals surface area (Å²) >= 11 is 6.60. The predicted molar refractivity (Wildman–Crippen MR) is 126 cm³/mol. The Hall–Kier alpha value is -3.32. The first kappa shape index (κ1) is 19.4. The van der Waals surface area contributed by atoms with Crippen molar-refractivity contribution in [3.63, 3.8) is 0 Å². The smallest absolute Gasteiger partial charge is 0.318 e. The predicted octanol–water partition coefficient (Wildman–Crippen LogP) is 4.07. The SMILES string of the molecule is COc1nc2c(c(N3CCn4cncc4C3)n1)CCN(c1cccc3cccc(Cl)c13)C2. The summed E-state index contributed by atoms with van der Waals surface area (Å²) in [6.07, 6.45) is 4.70. The molecule has 32 heavy (non-hydrogen) atoms. The summed E-state index contributed by atoms with van der Waals surface area (Å²) in [5.41, 5.74) is 4.56. The quantitative estimate of drug-likeness (QED) is 0.472. The molecule has 162 valence electrons. The van der Waals surface area contributed by atoms with E-state index in [-0.39, 0.29) is 0 Å². The average molecular weight is 447 g/mol. The number of rotatable bonds is 3. The van der Waals surface area contributed by atoms with Crippen LogP contribution >= 0.6 is 11.6 Å². The second-order valence-electron chi connectivity index (χ2n) is 8.25. The molecule has 2 aliphatic heterocycles. The van der Waals surface area contributed by atoms with Crippen molar-refractivity contribution in [1.82, 2.24) is 19.5 Å². The van der Waals surface area contributed by atoms with Crippen LogP contribution in [0.4, 0.5) is 11.5 Å². The van der Waals surface area contributed by atoms with Crippen LogP contribution in [0.1, 0.15) is 17.0 Å². The van der Waals surface area contributed by atoms with Gasteiger partial charge in [-0.15, -0.1) is 0 Å². The summed E-state index contributed by atoms with van der Waals surface area (Å²) in [7, 11) is 1.63. The normalized spacial score (nSPS) is 15.6. The Kier molecular flexibility index (Phi) is 4.64. The molecule has 2 aromatic heterocycles. The van der Waals surface area contributed by atoms with E-state index in [9.17, 15) is 0 Å². The highest BCUT2D eigenvalue weighted by molar-refractivity contribution is 6.36. The highest BCUT2D eigenvalue weighted by atomic mass is 35.5. The molecule has 8 heteroatoms. The molecular formula is C24H23ClN6O. The van der Waals surface area contributed by atoms with E-state index in [2.05, 4.69) is 43.6 Å². The van der Waals surface area contributed by atoms with Crippen LogP contribution in [-0.2, 0) is 26.1 Å². The van der Waals surface area contributed by atoms with Crippen molar-refractivity contribution < 1.29 is 4.74 Å². The summed E-state index contributed by atoms with van der Waals surface area (Å²) in [5, 5.41) is 3.01. The zero-order chi connectivity index (χ0) is 21.7. The third-order valence-electron chi connectivity index (χ3n) is 6.44. The van der Waals surface area contributed by atoms with Crippen LogP contribution < -0.4 is 14.5 Å². The maximum atomic E-state index is 6.60.